The molecule has 3 heteroatoms. The van der Waals surface area contributed by atoms with Crippen molar-refractivity contribution in [2.45, 2.75) is 31.3 Å². The summed E-state index contributed by atoms with van der Waals surface area (Å²) < 4.78 is 0. The van der Waals surface area contributed by atoms with Crippen LogP contribution in [-0.2, 0) is 6.54 Å². The van der Waals surface area contributed by atoms with E-state index in [1.165, 1.54) is 24.8 Å². The zero-order valence-electron chi connectivity index (χ0n) is 9.62. The first-order valence-electron chi connectivity index (χ1n) is 5.62. The molecular weight excluding hydrogens is 204 g/mol. The standard InChI is InChI=1S/C12H20N2S/c1-14(2)12(5-3-6-12)10-13-8-11-4-7-15-9-11/h4,7,9,13H,3,5-6,8,10H2,1-2H3. The van der Waals surface area contributed by atoms with Crippen molar-refractivity contribution in [3.05, 3.63) is 22.4 Å². The lowest BCUT2D eigenvalue weighted by molar-refractivity contribution is 0.0598. The van der Waals surface area contributed by atoms with Crippen LogP contribution in [0.3, 0.4) is 0 Å². The highest BCUT2D eigenvalue weighted by Gasteiger charge is 2.38. The van der Waals surface area contributed by atoms with Gasteiger partial charge in [-0.05, 0) is 55.7 Å². The maximum atomic E-state index is 3.58. The van der Waals surface area contributed by atoms with E-state index in [2.05, 4.69) is 41.1 Å². The van der Waals surface area contributed by atoms with E-state index in [-0.39, 0.29) is 0 Å². The van der Waals surface area contributed by atoms with Gasteiger partial charge >= 0.3 is 0 Å². The van der Waals surface area contributed by atoms with E-state index >= 15 is 0 Å². The van der Waals surface area contributed by atoms with Crippen molar-refractivity contribution in [2.24, 2.45) is 0 Å². The fourth-order valence-corrected chi connectivity index (χ4v) is 2.87. The number of hydrogen-bond acceptors (Lipinski definition) is 3. The monoisotopic (exact) mass is 224 g/mol. The Labute approximate surface area is 96.3 Å². The van der Waals surface area contributed by atoms with Gasteiger partial charge in [0.25, 0.3) is 0 Å². The number of rotatable bonds is 5. The summed E-state index contributed by atoms with van der Waals surface area (Å²) in [6.07, 6.45) is 4.07. The van der Waals surface area contributed by atoms with E-state index in [0.29, 0.717) is 5.54 Å². The van der Waals surface area contributed by atoms with Crippen LogP contribution in [0.5, 0.6) is 0 Å². The van der Waals surface area contributed by atoms with Crippen LogP contribution in [0.15, 0.2) is 16.8 Å². The van der Waals surface area contributed by atoms with Gasteiger partial charge in [0.1, 0.15) is 0 Å². The Morgan fingerprint density at radius 2 is 2.27 bits per heavy atom. The molecule has 1 N–H and O–H groups in total. The number of nitrogens with one attached hydrogen (secondary N) is 1. The highest BCUT2D eigenvalue weighted by Crippen LogP contribution is 2.35. The summed E-state index contributed by atoms with van der Waals surface area (Å²) in [6, 6.07) is 2.20. The van der Waals surface area contributed by atoms with Crippen LogP contribution in [0.4, 0.5) is 0 Å². The van der Waals surface area contributed by atoms with Gasteiger partial charge in [0.05, 0.1) is 0 Å². The van der Waals surface area contributed by atoms with E-state index in [1.54, 1.807) is 11.3 Å². The first kappa shape index (κ1) is 11.1. The summed E-state index contributed by atoms with van der Waals surface area (Å²) in [5.41, 5.74) is 1.85. The van der Waals surface area contributed by atoms with Gasteiger partial charge in [-0.2, -0.15) is 11.3 Å². The van der Waals surface area contributed by atoms with Crippen molar-refractivity contribution in [1.82, 2.24) is 10.2 Å². The largest absolute Gasteiger partial charge is 0.311 e. The van der Waals surface area contributed by atoms with E-state index in [9.17, 15) is 0 Å². The van der Waals surface area contributed by atoms with E-state index < -0.39 is 0 Å². The topological polar surface area (TPSA) is 15.3 Å². The van der Waals surface area contributed by atoms with E-state index in [4.69, 9.17) is 0 Å². The van der Waals surface area contributed by atoms with Crippen LogP contribution in [-0.4, -0.2) is 31.1 Å². The molecule has 15 heavy (non-hydrogen) atoms. The summed E-state index contributed by atoms with van der Waals surface area (Å²) >= 11 is 1.77. The van der Waals surface area contributed by atoms with Crippen molar-refractivity contribution in [2.75, 3.05) is 20.6 Å². The Morgan fingerprint density at radius 3 is 2.73 bits per heavy atom. The van der Waals surface area contributed by atoms with Crippen molar-refractivity contribution < 1.29 is 0 Å². The van der Waals surface area contributed by atoms with Crippen LogP contribution < -0.4 is 5.32 Å². The molecule has 1 aromatic heterocycles. The molecule has 0 bridgehead atoms. The van der Waals surface area contributed by atoms with E-state index in [1.807, 2.05) is 0 Å². The predicted molar refractivity (Wildman–Crippen MR) is 66.3 cm³/mol. The third-order valence-corrected chi connectivity index (χ3v) is 4.33. The van der Waals surface area contributed by atoms with Crippen molar-refractivity contribution in [3.63, 3.8) is 0 Å². The number of hydrogen-bond donors (Lipinski definition) is 1. The highest BCUT2D eigenvalue weighted by molar-refractivity contribution is 7.07. The second kappa shape index (κ2) is 4.64. The summed E-state index contributed by atoms with van der Waals surface area (Å²) in [5.74, 6) is 0. The molecule has 0 saturated heterocycles. The third kappa shape index (κ3) is 2.41. The maximum Gasteiger partial charge on any atom is 0.0328 e. The Balaban J connectivity index is 1.77. The highest BCUT2D eigenvalue weighted by atomic mass is 32.1. The summed E-state index contributed by atoms with van der Waals surface area (Å²) in [5, 5.41) is 7.94. The van der Waals surface area contributed by atoms with Crippen LogP contribution in [0.25, 0.3) is 0 Å². The average Bonchev–Trinajstić information content (AvgIpc) is 2.61. The average molecular weight is 224 g/mol. The molecule has 0 radical (unpaired) electrons. The Morgan fingerprint density at radius 1 is 1.47 bits per heavy atom. The van der Waals surface area contributed by atoms with Gasteiger partial charge in [0.15, 0.2) is 0 Å². The molecule has 2 rings (SSSR count). The Hall–Kier alpha value is -0.380. The minimum Gasteiger partial charge on any atom is -0.311 e. The molecule has 1 saturated carbocycles. The second-order valence-electron chi connectivity index (χ2n) is 4.71. The number of thiophene rings is 1. The first-order chi connectivity index (χ1) is 7.23. The molecule has 1 fully saturated rings. The van der Waals surface area contributed by atoms with Crippen molar-refractivity contribution >= 4 is 11.3 Å². The molecule has 2 nitrogen and oxygen atoms in total. The van der Waals surface area contributed by atoms with Crippen LogP contribution in [0.1, 0.15) is 24.8 Å². The lowest BCUT2D eigenvalue weighted by Gasteiger charge is -2.47. The molecule has 1 aliphatic rings. The van der Waals surface area contributed by atoms with Gasteiger partial charge in [-0.15, -0.1) is 0 Å². The molecule has 0 aromatic carbocycles. The zero-order chi connectivity index (χ0) is 10.7. The van der Waals surface area contributed by atoms with Crippen LogP contribution in [0.2, 0.25) is 0 Å². The second-order valence-corrected chi connectivity index (χ2v) is 5.49. The van der Waals surface area contributed by atoms with E-state index in [0.717, 1.165) is 13.1 Å². The third-order valence-electron chi connectivity index (χ3n) is 3.60. The summed E-state index contributed by atoms with van der Waals surface area (Å²) in [6.45, 7) is 2.13. The van der Waals surface area contributed by atoms with Crippen molar-refractivity contribution in [3.8, 4) is 0 Å². The van der Waals surface area contributed by atoms with Crippen LogP contribution >= 0.6 is 11.3 Å². The lowest BCUT2D eigenvalue weighted by atomic mass is 9.75. The molecular formula is C12H20N2S. The summed E-state index contributed by atoms with van der Waals surface area (Å²) in [4.78, 5) is 2.39. The van der Waals surface area contributed by atoms with Gasteiger partial charge in [-0.25, -0.2) is 0 Å². The fourth-order valence-electron chi connectivity index (χ4n) is 2.20. The van der Waals surface area contributed by atoms with Gasteiger partial charge in [-0.3, -0.25) is 0 Å². The first-order valence-corrected chi connectivity index (χ1v) is 6.56. The molecule has 0 atom stereocenters. The smallest absolute Gasteiger partial charge is 0.0328 e. The van der Waals surface area contributed by atoms with Gasteiger partial charge in [0.2, 0.25) is 0 Å². The minimum atomic E-state index is 0.440. The minimum absolute atomic E-state index is 0.440. The quantitative estimate of drug-likeness (QED) is 0.826. The molecule has 84 valence electrons. The SMILES string of the molecule is CN(C)C1(CNCc2ccsc2)CCC1. The molecule has 0 spiro atoms. The van der Waals surface area contributed by atoms with Crippen molar-refractivity contribution in [1.29, 1.82) is 0 Å². The normalized spacial score (nSPS) is 19.1. The van der Waals surface area contributed by atoms with Gasteiger partial charge < -0.3 is 10.2 Å². The molecule has 0 unspecified atom stereocenters. The molecule has 0 amide bonds. The summed E-state index contributed by atoms with van der Waals surface area (Å²) in [7, 11) is 4.40. The van der Waals surface area contributed by atoms with Crippen LogP contribution in [0, 0.1) is 0 Å². The Bertz CT molecular complexity index is 289. The number of nitrogens with zero attached hydrogens (tertiary/aromatic N) is 1. The molecule has 1 heterocycles. The van der Waals surface area contributed by atoms with Gasteiger partial charge in [-0.1, -0.05) is 0 Å². The fraction of sp³-hybridized carbons (Fsp3) is 0.667. The Kier molecular flexibility index (Phi) is 3.44. The molecule has 1 aromatic rings. The zero-order valence-corrected chi connectivity index (χ0v) is 10.4. The number of likely N-dealkylation sites (N-methyl/N-ethyl adjacent to an activating group) is 1. The van der Waals surface area contributed by atoms with Gasteiger partial charge in [0, 0.05) is 18.6 Å². The lowest BCUT2D eigenvalue weighted by Crippen LogP contribution is -2.56. The molecule has 0 aliphatic heterocycles. The predicted octanol–water partition coefficient (Wildman–Crippen LogP) is 2.32. The maximum absolute atomic E-state index is 3.58. The molecule has 1 aliphatic carbocycles.